The van der Waals surface area contributed by atoms with Gasteiger partial charge in [0.25, 0.3) is 0 Å². The molecule has 1 aromatic carbocycles. The summed E-state index contributed by atoms with van der Waals surface area (Å²) in [5.41, 5.74) is -0.377. The summed E-state index contributed by atoms with van der Waals surface area (Å²) in [5, 5.41) is 13.2. The summed E-state index contributed by atoms with van der Waals surface area (Å²) >= 11 is 0. The molecule has 2 heterocycles. The molecule has 2 aliphatic rings. The van der Waals surface area contributed by atoms with E-state index in [9.17, 15) is 18.4 Å². The van der Waals surface area contributed by atoms with Crippen LogP contribution in [0, 0.1) is 0 Å². The lowest BCUT2D eigenvalue weighted by molar-refractivity contribution is -0.137. The van der Waals surface area contributed by atoms with Crippen LogP contribution in [-0.4, -0.2) is 58.0 Å². The average Bonchev–Trinajstić information content (AvgIpc) is 3.31. The van der Waals surface area contributed by atoms with Gasteiger partial charge in [0.1, 0.15) is 5.75 Å². The molecule has 31 heavy (non-hydrogen) atoms. The second-order valence-corrected chi connectivity index (χ2v) is 7.87. The first kappa shape index (κ1) is 21.4. The summed E-state index contributed by atoms with van der Waals surface area (Å²) < 4.78 is 44.7. The number of rotatable bonds is 4. The summed E-state index contributed by atoms with van der Waals surface area (Å²) in [5.74, 6) is 0.409. The van der Waals surface area contributed by atoms with Gasteiger partial charge in [0, 0.05) is 38.4 Å². The average molecular weight is 434 g/mol. The number of ether oxygens (including phenoxy) is 1. The minimum Gasteiger partial charge on any atom is -0.438 e. The summed E-state index contributed by atoms with van der Waals surface area (Å²) in [6.07, 6.45) is 2.04. The fourth-order valence-corrected chi connectivity index (χ4v) is 4.35. The van der Waals surface area contributed by atoms with Crippen LogP contribution in [0.15, 0.2) is 47.8 Å². The number of nitrogens with zero attached hydrogens (tertiary/aromatic N) is 4. The van der Waals surface area contributed by atoms with E-state index in [0.717, 1.165) is 25.2 Å². The Kier molecular flexibility index (Phi) is 6.31. The Morgan fingerprint density at radius 1 is 1.06 bits per heavy atom. The molecule has 0 radical (unpaired) electrons. The van der Waals surface area contributed by atoms with Gasteiger partial charge in [-0.3, -0.25) is 4.90 Å². The first-order valence-electron chi connectivity index (χ1n) is 10.5. The highest BCUT2D eigenvalue weighted by molar-refractivity contribution is 6.00. The number of halogens is 3. The van der Waals surface area contributed by atoms with E-state index in [2.05, 4.69) is 15.0 Å². The number of alkyl halides is 3. The van der Waals surface area contributed by atoms with Gasteiger partial charge in [-0.1, -0.05) is 24.1 Å². The van der Waals surface area contributed by atoms with Crippen LogP contribution in [-0.2, 0) is 6.18 Å². The van der Waals surface area contributed by atoms with Gasteiger partial charge in [-0.05, 0) is 43.2 Å². The third-order valence-corrected chi connectivity index (χ3v) is 5.94. The molecule has 0 amide bonds. The summed E-state index contributed by atoms with van der Waals surface area (Å²) in [4.78, 5) is 8.62. The van der Waals surface area contributed by atoms with E-state index < -0.39 is 11.7 Å². The van der Waals surface area contributed by atoms with Crippen LogP contribution in [0.3, 0.4) is 0 Å². The maximum absolute atomic E-state index is 13.0. The molecule has 9 heteroatoms. The molecule has 2 aromatic rings. The van der Waals surface area contributed by atoms with Crippen LogP contribution >= 0.6 is 0 Å². The molecule has 0 unspecified atom stereocenters. The van der Waals surface area contributed by atoms with Gasteiger partial charge in [-0.25, -0.2) is 4.98 Å². The zero-order valence-corrected chi connectivity index (χ0v) is 17.1. The smallest absolute Gasteiger partial charge is 0.416 e. The highest BCUT2D eigenvalue weighted by atomic mass is 19.4. The molecule has 1 N–H and O–H groups in total. The number of hydrogen-bond acceptors (Lipinski definition) is 5. The number of benzene rings is 1. The molecule has 1 saturated carbocycles. The molecule has 4 rings (SSSR count). The van der Waals surface area contributed by atoms with E-state index in [0.29, 0.717) is 30.5 Å². The monoisotopic (exact) mass is 434 g/mol. The molecule has 1 aliphatic carbocycles. The van der Waals surface area contributed by atoms with Crippen molar-refractivity contribution in [2.45, 2.75) is 37.9 Å². The molecule has 0 atom stereocenters. The molecule has 0 spiro atoms. The number of pyridine rings is 1. The van der Waals surface area contributed by atoms with E-state index in [1.807, 2.05) is 4.90 Å². The number of amidine groups is 1. The van der Waals surface area contributed by atoms with Crippen molar-refractivity contribution in [1.82, 2.24) is 14.8 Å². The van der Waals surface area contributed by atoms with Gasteiger partial charge in [-0.15, -0.1) is 0 Å². The lowest BCUT2D eigenvalue weighted by atomic mass is 10.1. The maximum Gasteiger partial charge on any atom is 0.416 e. The number of hydrogen-bond donors (Lipinski definition) is 1. The molecular weight excluding hydrogens is 409 g/mol. The van der Waals surface area contributed by atoms with Crippen molar-refractivity contribution in [3.05, 3.63) is 53.7 Å². The SMILES string of the molecule is O/N=C(/c1cccnc1Oc1cccc(C(F)(F)F)c1)N1CCN(C2CCCC2)CC1. The molecular formula is C22H25F3N4O2. The quantitative estimate of drug-likeness (QED) is 0.330. The predicted octanol–water partition coefficient (Wildman–Crippen LogP) is 4.59. The van der Waals surface area contributed by atoms with E-state index >= 15 is 0 Å². The van der Waals surface area contributed by atoms with Gasteiger partial charge < -0.3 is 14.8 Å². The van der Waals surface area contributed by atoms with Crippen molar-refractivity contribution < 1.29 is 23.1 Å². The zero-order valence-electron chi connectivity index (χ0n) is 17.1. The second-order valence-electron chi connectivity index (χ2n) is 7.87. The van der Waals surface area contributed by atoms with Crippen LogP contribution in [0.4, 0.5) is 13.2 Å². The molecule has 1 aliphatic heterocycles. The number of oxime groups is 1. The van der Waals surface area contributed by atoms with Gasteiger partial charge in [0.05, 0.1) is 11.1 Å². The Balaban J connectivity index is 1.51. The molecule has 1 saturated heterocycles. The minimum atomic E-state index is -4.47. The maximum atomic E-state index is 13.0. The van der Waals surface area contributed by atoms with Crippen LogP contribution < -0.4 is 4.74 Å². The highest BCUT2D eigenvalue weighted by Gasteiger charge is 2.31. The van der Waals surface area contributed by atoms with Crippen molar-refractivity contribution in [2.24, 2.45) is 5.16 Å². The Morgan fingerprint density at radius 2 is 1.81 bits per heavy atom. The largest absolute Gasteiger partial charge is 0.438 e. The van der Waals surface area contributed by atoms with Crippen molar-refractivity contribution in [2.75, 3.05) is 26.2 Å². The normalized spacial score (nSPS) is 19.1. The number of piperazine rings is 1. The van der Waals surface area contributed by atoms with Crippen molar-refractivity contribution in [1.29, 1.82) is 0 Å². The fraction of sp³-hybridized carbons (Fsp3) is 0.455. The predicted molar refractivity (Wildman–Crippen MR) is 109 cm³/mol. The van der Waals surface area contributed by atoms with Gasteiger partial charge in [0.15, 0.2) is 5.84 Å². The Morgan fingerprint density at radius 3 is 2.48 bits per heavy atom. The van der Waals surface area contributed by atoms with E-state index in [4.69, 9.17) is 4.74 Å². The Hall–Kier alpha value is -2.81. The summed E-state index contributed by atoms with van der Waals surface area (Å²) in [6.45, 7) is 3.11. The van der Waals surface area contributed by atoms with E-state index in [-0.39, 0.29) is 11.6 Å². The van der Waals surface area contributed by atoms with Gasteiger partial charge >= 0.3 is 6.18 Å². The van der Waals surface area contributed by atoms with Crippen LogP contribution in [0.2, 0.25) is 0 Å². The molecule has 2 fully saturated rings. The summed E-state index contributed by atoms with van der Waals surface area (Å²) in [6, 6.07) is 8.62. The van der Waals surface area contributed by atoms with Gasteiger partial charge in [0.2, 0.25) is 5.88 Å². The lowest BCUT2D eigenvalue weighted by Crippen LogP contribution is -2.51. The Labute approximate surface area is 178 Å². The zero-order chi connectivity index (χ0) is 21.8. The first-order valence-corrected chi connectivity index (χ1v) is 10.5. The van der Waals surface area contributed by atoms with Crippen molar-refractivity contribution >= 4 is 5.84 Å². The van der Waals surface area contributed by atoms with Crippen LogP contribution in [0.25, 0.3) is 0 Å². The topological polar surface area (TPSA) is 61.2 Å². The van der Waals surface area contributed by atoms with Crippen LogP contribution in [0.5, 0.6) is 11.6 Å². The van der Waals surface area contributed by atoms with Crippen molar-refractivity contribution in [3.63, 3.8) is 0 Å². The Bertz CT molecular complexity index is 921. The third-order valence-electron chi connectivity index (χ3n) is 5.94. The molecule has 166 valence electrons. The fourth-order valence-electron chi connectivity index (χ4n) is 4.35. The lowest BCUT2D eigenvalue weighted by Gasteiger charge is -2.39. The van der Waals surface area contributed by atoms with E-state index in [1.165, 1.54) is 44.0 Å². The molecule has 0 bridgehead atoms. The first-order chi connectivity index (χ1) is 15.0. The highest BCUT2D eigenvalue weighted by Crippen LogP contribution is 2.33. The third kappa shape index (κ3) is 4.92. The van der Waals surface area contributed by atoms with E-state index in [1.54, 1.807) is 12.1 Å². The molecule has 1 aromatic heterocycles. The second kappa shape index (κ2) is 9.13. The molecule has 6 nitrogen and oxygen atoms in total. The summed E-state index contributed by atoms with van der Waals surface area (Å²) in [7, 11) is 0. The van der Waals surface area contributed by atoms with Crippen LogP contribution in [0.1, 0.15) is 36.8 Å². The number of aromatic nitrogens is 1. The van der Waals surface area contributed by atoms with Gasteiger partial charge in [-0.2, -0.15) is 13.2 Å². The van der Waals surface area contributed by atoms with Crippen molar-refractivity contribution in [3.8, 4) is 11.6 Å². The minimum absolute atomic E-state index is 0.0121. The standard InChI is InChI=1S/C22H25F3N4O2/c23-22(24,25)16-5-3-8-18(15-16)31-21-19(9-4-10-26-21)20(27-30)29-13-11-28(12-14-29)17-6-1-2-7-17/h3-5,8-10,15,17,30H,1-2,6-7,11-14H2/b27-20-.